The minimum atomic E-state index is 0. The average molecular weight is 525 g/mol. The largest absolute Gasteiger partial charge is 0.373 e. The van der Waals surface area contributed by atoms with Crippen LogP contribution >= 0.6 is 24.0 Å². The fourth-order valence-corrected chi connectivity index (χ4v) is 3.93. The van der Waals surface area contributed by atoms with Gasteiger partial charge in [0.2, 0.25) is 0 Å². The van der Waals surface area contributed by atoms with Crippen LogP contribution in [0.1, 0.15) is 60.4 Å². The summed E-state index contributed by atoms with van der Waals surface area (Å²) in [6.07, 6.45) is 4.71. The van der Waals surface area contributed by atoms with Crippen molar-refractivity contribution in [2.75, 3.05) is 19.7 Å². The lowest BCUT2D eigenvalue weighted by Crippen LogP contribution is -2.38. The quantitative estimate of drug-likeness (QED) is 0.235. The number of ether oxygens (including phenoxy) is 1. The van der Waals surface area contributed by atoms with Crippen molar-refractivity contribution in [1.29, 1.82) is 0 Å². The number of hydrogen-bond donors (Lipinski definition) is 2. The molecule has 0 saturated heterocycles. The van der Waals surface area contributed by atoms with E-state index in [2.05, 4.69) is 53.8 Å². The Hall–Kier alpha value is -1.61. The number of nitrogens with zero attached hydrogens (tertiary/aromatic N) is 3. The lowest BCUT2D eigenvalue weighted by molar-refractivity contribution is 0.0398. The molecule has 0 radical (unpaired) electrons. The van der Waals surface area contributed by atoms with Crippen molar-refractivity contribution in [3.8, 4) is 0 Å². The molecule has 0 fully saturated rings. The van der Waals surface area contributed by atoms with Gasteiger partial charge in [0.05, 0.1) is 18.3 Å². The Labute approximate surface area is 197 Å². The zero-order valence-corrected chi connectivity index (χ0v) is 21.0. The molecule has 1 aromatic heterocycles. The molecule has 0 aliphatic heterocycles. The normalized spacial score (nSPS) is 16.0. The van der Waals surface area contributed by atoms with E-state index in [-0.39, 0.29) is 30.1 Å². The number of nitrogens with one attached hydrogen (secondary N) is 2. The Morgan fingerprint density at radius 1 is 1.27 bits per heavy atom. The minimum Gasteiger partial charge on any atom is -0.373 e. The van der Waals surface area contributed by atoms with Crippen molar-refractivity contribution >= 4 is 29.9 Å². The van der Waals surface area contributed by atoms with Crippen LogP contribution in [0.2, 0.25) is 0 Å². The van der Waals surface area contributed by atoms with Crippen LogP contribution in [0.15, 0.2) is 29.3 Å². The molecule has 0 bridgehead atoms. The Bertz CT molecular complexity index is 833. The third-order valence-electron chi connectivity index (χ3n) is 5.65. The Morgan fingerprint density at radius 3 is 2.80 bits per heavy atom. The number of hydrogen-bond acceptors (Lipinski definition) is 3. The predicted molar refractivity (Wildman–Crippen MR) is 134 cm³/mol. The predicted octanol–water partition coefficient (Wildman–Crippen LogP) is 4.19. The fourth-order valence-electron chi connectivity index (χ4n) is 3.93. The summed E-state index contributed by atoms with van der Waals surface area (Å²) >= 11 is 0. The number of fused-ring (bicyclic) bond motifs is 1. The first-order valence-corrected chi connectivity index (χ1v) is 10.8. The topological polar surface area (TPSA) is 63.5 Å². The molecule has 0 saturated carbocycles. The zero-order valence-electron chi connectivity index (χ0n) is 18.7. The fraction of sp³-hybridized carbons (Fsp3) is 0.565. The van der Waals surface area contributed by atoms with Crippen molar-refractivity contribution in [3.05, 3.63) is 52.3 Å². The average Bonchev–Trinajstić information content (AvgIpc) is 2.97. The van der Waals surface area contributed by atoms with Crippen LogP contribution < -0.4 is 10.6 Å². The first-order chi connectivity index (χ1) is 14.1. The summed E-state index contributed by atoms with van der Waals surface area (Å²) in [4.78, 5) is 4.74. The Kier molecular flexibility index (Phi) is 10.1. The van der Waals surface area contributed by atoms with Gasteiger partial charge in [-0.25, -0.2) is 4.99 Å². The van der Waals surface area contributed by atoms with Gasteiger partial charge in [-0.3, -0.25) is 4.68 Å². The van der Waals surface area contributed by atoms with E-state index in [0.29, 0.717) is 6.54 Å². The maximum atomic E-state index is 6.20. The van der Waals surface area contributed by atoms with E-state index in [4.69, 9.17) is 9.73 Å². The molecule has 7 heteroatoms. The molecule has 0 spiro atoms. The summed E-state index contributed by atoms with van der Waals surface area (Å²) in [5, 5.41) is 11.2. The third kappa shape index (κ3) is 6.44. The molecule has 1 aliphatic rings. The van der Waals surface area contributed by atoms with Crippen molar-refractivity contribution in [3.63, 3.8) is 0 Å². The number of halogens is 1. The van der Waals surface area contributed by atoms with E-state index in [1.54, 1.807) is 0 Å². The van der Waals surface area contributed by atoms with Crippen molar-refractivity contribution in [1.82, 2.24) is 20.4 Å². The standard InChI is InChI=1S/C23H35N5O.HI/c1-5-24-23(26-16-21-17(2)27-28(4)18(21)3)25-14-9-15-29-22-13-8-11-19-10-6-7-12-20(19)22;/h6-7,10,12,22H,5,8-9,11,13-16H2,1-4H3,(H2,24,25,26);1H. The van der Waals surface area contributed by atoms with E-state index in [9.17, 15) is 0 Å². The molecule has 166 valence electrons. The molecule has 2 aromatic rings. The second kappa shape index (κ2) is 12.3. The monoisotopic (exact) mass is 525 g/mol. The van der Waals surface area contributed by atoms with E-state index < -0.39 is 0 Å². The van der Waals surface area contributed by atoms with Crippen LogP contribution in [0.5, 0.6) is 0 Å². The molecular weight excluding hydrogens is 489 g/mol. The van der Waals surface area contributed by atoms with Crippen LogP contribution in [0, 0.1) is 13.8 Å². The van der Waals surface area contributed by atoms with Crippen molar-refractivity contribution < 1.29 is 4.74 Å². The lowest BCUT2D eigenvalue weighted by Gasteiger charge is -2.25. The van der Waals surface area contributed by atoms with Gasteiger partial charge in [0, 0.05) is 38.0 Å². The van der Waals surface area contributed by atoms with Crippen molar-refractivity contribution in [2.24, 2.45) is 12.0 Å². The van der Waals surface area contributed by atoms with Crippen LogP contribution in [0.25, 0.3) is 0 Å². The van der Waals surface area contributed by atoms with Gasteiger partial charge >= 0.3 is 0 Å². The number of benzene rings is 1. The van der Waals surface area contributed by atoms with Gasteiger partial charge in [-0.15, -0.1) is 24.0 Å². The molecule has 1 aliphatic carbocycles. The second-order valence-electron chi connectivity index (χ2n) is 7.70. The van der Waals surface area contributed by atoms with E-state index in [1.807, 2.05) is 18.7 Å². The summed E-state index contributed by atoms with van der Waals surface area (Å²) in [6.45, 7) is 9.28. The SMILES string of the molecule is CCNC(=NCc1c(C)nn(C)c1C)NCCCOC1CCCc2ccccc21.I. The van der Waals surface area contributed by atoms with Crippen molar-refractivity contribution in [2.45, 2.75) is 59.1 Å². The number of aliphatic imine (C=N–C) groups is 1. The van der Waals surface area contributed by atoms with Crippen LogP contribution in [0.4, 0.5) is 0 Å². The lowest BCUT2D eigenvalue weighted by atomic mass is 9.89. The van der Waals surface area contributed by atoms with E-state index in [1.165, 1.54) is 35.2 Å². The van der Waals surface area contributed by atoms with E-state index in [0.717, 1.165) is 44.2 Å². The summed E-state index contributed by atoms with van der Waals surface area (Å²) < 4.78 is 8.12. The molecule has 30 heavy (non-hydrogen) atoms. The molecule has 1 heterocycles. The van der Waals surface area contributed by atoms with Crippen LogP contribution in [-0.2, 0) is 24.8 Å². The molecule has 0 amide bonds. The van der Waals surface area contributed by atoms with Gasteiger partial charge in [-0.2, -0.15) is 5.10 Å². The summed E-state index contributed by atoms with van der Waals surface area (Å²) in [5.41, 5.74) is 6.24. The number of rotatable bonds is 8. The molecule has 1 atom stereocenters. The number of guanidine groups is 1. The maximum Gasteiger partial charge on any atom is 0.191 e. The van der Waals surface area contributed by atoms with Gasteiger partial charge in [0.1, 0.15) is 0 Å². The molecule has 6 nitrogen and oxygen atoms in total. The highest BCUT2D eigenvalue weighted by Crippen LogP contribution is 2.32. The van der Waals surface area contributed by atoms with E-state index >= 15 is 0 Å². The molecule has 1 unspecified atom stereocenters. The van der Waals surface area contributed by atoms with Crippen LogP contribution in [0.3, 0.4) is 0 Å². The molecule has 2 N–H and O–H groups in total. The number of aryl methyl sites for hydroxylation is 3. The number of aromatic nitrogens is 2. The smallest absolute Gasteiger partial charge is 0.191 e. The summed E-state index contributed by atoms with van der Waals surface area (Å²) in [5.74, 6) is 0.846. The highest BCUT2D eigenvalue weighted by Gasteiger charge is 2.19. The zero-order chi connectivity index (χ0) is 20.6. The first-order valence-electron chi connectivity index (χ1n) is 10.8. The highest BCUT2D eigenvalue weighted by molar-refractivity contribution is 14.0. The third-order valence-corrected chi connectivity index (χ3v) is 5.65. The molecular formula is C23H36IN5O. The Balaban J connectivity index is 0.00000320. The summed E-state index contributed by atoms with van der Waals surface area (Å²) in [7, 11) is 1.98. The van der Waals surface area contributed by atoms with Gasteiger partial charge in [-0.1, -0.05) is 24.3 Å². The van der Waals surface area contributed by atoms with Crippen LogP contribution in [-0.4, -0.2) is 35.4 Å². The first kappa shape index (κ1) is 24.7. The van der Waals surface area contributed by atoms with Gasteiger partial charge in [0.25, 0.3) is 0 Å². The summed E-state index contributed by atoms with van der Waals surface area (Å²) in [6, 6.07) is 8.70. The molecule has 1 aromatic carbocycles. The second-order valence-corrected chi connectivity index (χ2v) is 7.70. The van der Waals surface area contributed by atoms with Gasteiger partial charge < -0.3 is 15.4 Å². The minimum absolute atomic E-state index is 0. The van der Waals surface area contributed by atoms with Gasteiger partial charge in [-0.05, 0) is 57.6 Å². The maximum absolute atomic E-state index is 6.20. The highest BCUT2D eigenvalue weighted by atomic mass is 127. The van der Waals surface area contributed by atoms with Gasteiger partial charge in [0.15, 0.2) is 5.96 Å². The molecule has 3 rings (SSSR count). The Morgan fingerprint density at radius 2 is 2.07 bits per heavy atom.